The van der Waals surface area contributed by atoms with Gasteiger partial charge in [0.2, 0.25) is 0 Å². The average Bonchev–Trinajstić information content (AvgIpc) is 2.37. The average molecular weight is 251 g/mol. The number of carbonyl (C=O) groups excluding carboxylic acids is 1. The fraction of sp³-hybridized carbons (Fsp3) is 0.364. The third-order valence-electron chi connectivity index (χ3n) is 2.49. The minimum atomic E-state index is -1.42. The summed E-state index contributed by atoms with van der Waals surface area (Å²) in [7, 11) is 0. The van der Waals surface area contributed by atoms with Crippen LogP contribution in [0, 0.1) is 0 Å². The number of carbonyl (C=O) groups is 1. The molecule has 0 aliphatic carbocycles. The fourth-order valence-electron chi connectivity index (χ4n) is 1.58. The zero-order valence-electron chi connectivity index (χ0n) is 9.47. The van der Waals surface area contributed by atoms with E-state index < -0.39 is 12.2 Å². The van der Waals surface area contributed by atoms with E-state index in [4.69, 9.17) is 5.53 Å². The van der Waals surface area contributed by atoms with Crippen LogP contribution in [0.5, 0.6) is 5.75 Å². The van der Waals surface area contributed by atoms with Gasteiger partial charge in [-0.2, -0.15) is 0 Å². The van der Waals surface area contributed by atoms with Gasteiger partial charge in [0, 0.05) is 22.6 Å². The Morgan fingerprint density at radius 1 is 1.44 bits per heavy atom. The highest BCUT2D eigenvalue weighted by Crippen LogP contribution is 2.30. The zero-order valence-corrected chi connectivity index (χ0v) is 9.47. The Bertz CT molecular complexity index is 471. The maximum atomic E-state index is 10.8. The zero-order chi connectivity index (χ0) is 13.5. The van der Waals surface area contributed by atoms with E-state index in [2.05, 4.69) is 10.0 Å². The summed E-state index contributed by atoms with van der Waals surface area (Å²) in [6, 6.07) is 4.19. The number of aldehydes is 1. The number of phenolic OH excluding ortho intramolecular Hbond substituents is 1. The predicted molar refractivity (Wildman–Crippen MR) is 63.1 cm³/mol. The number of phenols is 1. The maximum Gasteiger partial charge on any atom is 0.150 e. The van der Waals surface area contributed by atoms with Crippen molar-refractivity contribution in [3.63, 3.8) is 0 Å². The number of hydrogen-bond acceptors (Lipinski definition) is 5. The maximum absolute atomic E-state index is 10.8. The number of aliphatic hydroxyl groups is 2. The summed E-state index contributed by atoms with van der Waals surface area (Å²) in [6.45, 7) is 0.0126. The van der Waals surface area contributed by atoms with E-state index in [1.165, 1.54) is 18.2 Å². The van der Waals surface area contributed by atoms with Gasteiger partial charge in [0.25, 0.3) is 0 Å². The second-order valence-corrected chi connectivity index (χ2v) is 3.65. The first-order valence-corrected chi connectivity index (χ1v) is 5.25. The summed E-state index contributed by atoms with van der Waals surface area (Å²) in [6.07, 6.45) is -2.14. The minimum Gasteiger partial charge on any atom is -0.508 e. The van der Waals surface area contributed by atoms with Crippen LogP contribution in [0.25, 0.3) is 10.4 Å². The Morgan fingerprint density at radius 3 is 2.78 bits per heavy atom. The standard InChI is InChI=1S/C11H13N3O4/c12-14-13-5-4-9(17)11(18)10-7(6-15)2-1-3-8(10)16/h1-3,6,9,11,16-18H,4-5H2. The lowest BCUT2D eigenvalue weighted by atomic mass is 9.96. The molecule has 0 aliphatic rings. The molecular formula is C11H13N3O4. The Labute approximate surface area is 103 Å². The number of aliphatic hydroxyl groups excluding tert-OH is 2. The molecule has 0 saturated carbocycles. The molecule has 0 saturated heterocycles. The summed E-state index contributed by atoms with van der Waals surface area (Å²) in [4.78, 5) is 13.3. The second kappa shape index (κ2) is 6.61. The quantitative estimate of drug-likeness (QED) is 0.304. The number of nitrogens with zero attached hydrogens (tertiary/aromatic N) is 3. The number of rotatable bonds is 6. The highest BCUT2D eigenvalue weighted by Gasteiger charge is 2.23. The highest BCUT2D eigenvalue weighted by atomic mass is 16.3. The summed E-state index contributed by atoms with van der Waals surface area (Å²) in [5.74, 6) is -0.269. The van der Waals surface area contributed by atoms with Crippen molar-refractivity contribution in [2.24, 2.45) is 5.11 Å². The summed E-state index contributed by atoms with van der Waals surface area (Å²) in [5.41, 5.74) is 8.16. The number of aromatic hydroxyl groups is 1. The Hall–Kier alpha value is -2.08. The lowest BCUT2D eigenvalue weighted by Crippen LogP contribution is -2.20. The summed E-state index contributed by atoms with van der Waals surface area (Å²) >= 11 is 0. The van der Waals surface area contributed by atoms with E-state index in [1.807, 2.05) is 0 Å². The van der Waals surface area contributed by atoms with Crippen molar-refractivity contribution in [1.29, 1.82) is 0 Å². The van der Waals surface area contributed by atoms with Crippen LogP contribution >= 0.6 is 0 Å². The number of hydrogen-bond donors (Lipinski definition) is 3. The predicted octanol–water partition coefficient (Wildman–Crippen LogP) is 1.30. The normalized spacial score (nSPS) is 13.4. The highest BCUT2D eigenvalue weighted by molar-refractivity contribution is 5.79. The van der Waals surface area contributed by atoms with E-state index >= 15 is 0 Å². The molecule has 0 heterocycles. The molecule has 0 aromatic heterocycles. The first-order valence-electron chi connectivity index (χ1n) is 5.25. The van der Waals surface area contributed by atoms with E-state index in [0.29, 0.717) is 6.29 Å². The molecule has 0 fully saturated rings. The Morgan fingerprint density at radius 2 is 2.17 bits per heavy atom. The van der Waals surface area contributed by atoms with Crippen molar-refractivity contribution >= 4 is 6.29 Å². The van der Waals surface area contributed by atoms with Crippen LogP contribution < -0.4 is 0 Å². The number of azide groups is 1. The summed E-state index contributed by atoms with van der Waals surface area (Å²) < 4.78 is 0. The van der Waals surface area contributed by atoms with Crippen molar-refractivity contribution in [2.45, 2.75) is 18.6 Å². The van der Waals surface area contributed by atoms with Gasteiger partial charge in [0.05, 0.1) is 6.10 Å². The monoisotopic (exact) mass is 251 g/mol. The van der Waals surface area contributed by atoms with E-state index in [9.17, 15) is 20.1 Å². The molecule has 0 radical (unpaired) electrons. The Kier molecular flexibility index (Phi) is 5.13. The molecule has 18 heavy (non-hydrogen) atoms. The van der Waals surface area contributed by atoms with Gasteiger partial charge in [-0.3, -0.25) is 4.79 Å². The van der Waals surface area contributed by atoms with Crippen LogP contribution in [0.4, 0.5) is 0 Å². The molecule has 7 nitrogen and oxygen atoms in total. The molecule has 0 spiro atoms. The molecular weight excluding hydrogens is 238 g/mol. The second-order valence-electron chi connectivity index (χ2n) is 3.65. The fourth-order valence-corrected chi connectivity index (χ4v) is 1.58. The van der Waals surface area contributed by atoms with Gasteiger partial charge in [-0.15, -0.1) is 0 Å². The lowest BCUT2D eigenvalue weighted by Gasteiger charge is -2.19. The van der Waals surface area contributed by atoms with Gasteiger partial charge in [0.15, 0.2) is 6.29 Å². The molecule has 1 rings (SSSR count). The van der Waals surface area contributed by atoms with Crippen LogP contribution in [0.1, 0.15) is 28.4 Å². The molecule has 2 unspecified atom stereocenters. The van der Waals surface area contributed by atoms with Crippen LogP contribution in [-0.4, -0.2) is 34.3 Å². The van der Waals surface area contributed by atoms with Gasteiger partial charge >= 0.3 is 0 Å². The van der Waals surface area contributed by atoms with Crippen molar-refractivity contribution in [3.05, 3.63) is 39.8 Å². The van der Waals surface area contributed by atoms with Gasteiger partial charge < -0.3 is 15.3 Å². The lowest BCUT2D eigenvalue weighted by molar-refractivity contribution is 0.0134. The van der Waals surface area contributed by atoms with Crippen LogP contribution in [0.3, 0.4) is 0 Å². The van der Waals surface area contributed by atoms with E-state index in [1.54, 1.807) is 0 Å². The largest absolute Gasteiger partial charge is 0.508 e. The topological polar surface area (TPSA) is 127 Å². The van der Waals surface area contributed by atoms with E-state index in [-0.39, 0.29) is 29.8 Å². The molecule has 7 heteroatoms. The van der Waals surface area contributed by atoms with Gasteiger partial charge in [0.1, 0.15) is 11.9 Å². The minimum absolute atomic E-state index is 0.0126. The number of benzene rings is 1. The summed E-state index contributed by atoms with van der Waals surface area (Å²) in [5, 5.41) is 32.4. The molecule has 0 amide bonds. The molecule has 1 aromatic carbocycles. The first-order chi connectivity index (χ1) is 8.61. The van der Waals surface area contributed by atoms with Crippen molar-refractivity contribution in [2.75, 3.05) is 6.54 Å². The molecule has 1 aromatic rings. The first kappa shape index (κ1) is 14.0. The van der Waals surface area contributed by atoms with E-state index in [0.717, 1.165) is 0 Å². The molecule has 3 N–H and O–H groups in total. The van der Waals surface area contributed by atoms with Crippen LogP contribution in [0.2, 0.25) is 0 Å². The molecule has 2 atom stereocenters. The third kappa shape index (κ3) is 3.21. The van der Waals surface area contributed by atoms with Gasteiger partial charge in [-0.05, 0) is 18.0 Å². The van der Waals surface area contributed by atoms with Crippen molar-refractivity contribution in [1.82, 2.24) is 0 Å². The van der Waals surface area contributed by atoms with Crippen molar-refractivity contribution < 1.29 is 20.1 Å². The third-order valence-corrected chi connectivity index (χ3v) is 2.49. The molecule has 0 bridgehead atoms. The van der Waals surface area contributed by atoms with Gasteiger partial charge in [-0.1, -0.05) is 17.2 Å². The Balaban J connectivity index is 2.91. The van der Waals surface area contributed by atoms with Crippen molar-refractivity contribution in [3.8, 4) is 5.75 Å². The molecule has 0 aliphatic heterocycles. The van der Waals surface area contributed by atoms with Gasteiger partial charge in [-0.25, -0.2) is 0 Å². The van der Waals surface area contributed by atoms with Crippen LogP contribution in [-0.2, 0) is 0 Å². The van der Waals surface area contributed by atoms with Crippen LogP contribution in [0.15, 0.2) is 23.3 Å². The molecule has 96 valence electrons. The SMILES string of the molecule is [N-]=[N+]=NCCC(O)C(O)c1c(O)cccc1C=O. The smallest absolute Gasteiger partial charge is 0.150 e.